The molecule has 4 nitrogen and oxygen atoms in total. The molecule has 0 radical (unpaired) electrons. The van der Waals surface area contributed by atoms with E-state index in [1.165, 1.54) is 5.56 Å². The number of pyridine rings is 1. The first kappa shape index (κ1) is 17.8. The fourth-order valence-corrected chi connectivity index (χ4v) is 4.01. The molecule has 1 aromatic heterocycles. The maximum Gasteiger partial charge on any atom is 0.151 e. The molecular formula is C22H21N3OS. The number of ether oxygens (including phenoxy) is 1. The molecule has 0 saturated carbocycles. The van der Waals surface area contributed by atoms with Crippen molar-refractivity contribution in [1.82, 2.24) is 10.3 Å². The van der Waals surface area contributed by atoms with Crippen molar-refractivity contribution in [3.05, 3.63) is 76.8 Å². The molecule has 0 aliphatic carbocycles. The zero-order valence-corrected chi connectivity index (χ0v) is 16.1. The van der Waals surface area contributed by atoms with E-state index in [0.29, 0.717) is 0 Å². The number of aromatic nitrogens is 1. The van der Waals surface area contributed by atoms with Crippen LogP contribution in [0.25, 0.3) is 17.0 Å². The monoisotopic (exact) mass is 375 g/mol. The van der Waals surface area contributed by atoms with Crippen LogP contribution in [0, 0.1) is 0 Å². The summed E-state index contributed by atoms with van der Waals surface area (Å²) in [6, 6.07) is 18.7. The Bertz CT molecular complexity index is 998. The number of aliphatic imine (C=N–C) groups is 1. The molecule has 0 fully saturated rings. The third kappa shape index (κ3) is 4.21. The first-order valence-corrected chi connectivity index (χ1v) is 9.75. The maximum absolute atomic E-state index is 5.22. The molecule has 0 bridgehead atoms. The first-order valence-electron chi connectivity index (χ1n) is 8.87. The quantitative estimate of drug-likeness (QED) is 0.679. The van der Waals surface area contributed by atoms with Crippen LogP contribution in [0.15, 0.2) is 70.7 Å². The van der Waals surface area contributed by atoms with Gasteiger partial charge in [0, 0.05) is 28.7 Å². The summed E-state index contributed by atoms with van der Waals surface area (Å²) in [6.07, 6.45) is 5.93. The molecule has 2 aromatic carbocycles. The lowest BCUT2D eigenvalue weighted by atomic mass is 10.1. The van der Waals surface area contributed by atoms with Gasteiger partial charge in [-0.15, -0.1) is 0 Å². The van der Waals surface area contributed by atoms with E-state index in [0.717, 1.165) is 27.1 Å². The molecule has 0 amide bonds. The molecule has 0 saturated heterocycles. The fourth-order valence-electron chi connectivity index (χ4n) is 3.03. The van der Waals surface area contributed by atoms with Crippen molar-refractivity contribution in [2.24, 2.45) is 4.99 Å². The van der Waals surface area contributed by atoms with Gasteiger partial charge in [-0.2, -0.15) is 0 Å². The molecule has 2 atom stereocenters. The molecule has 0 spiro atoms. The third-order valence-corrected chi connectivity index (χ3v) is 5.51. The summed E-state index contributed by atoms with van der Waals surface area (Å²) in [5.74, 6) is 0.870. The standard InChI is InChI=1S/C22H21N3OS/c1-15(17-6-8-19(26-2)9-7-17)25-22-24-14-20(27-22)13-16-5-10-21-18(12-16)4-3-11-23-21/h3-15,22,25H,1-2H3/b20-13-. The lowest BCUT2D eigenvalue weighted by molar-refractivity contribution is 0.414. The Labute approximate surface area is 163 Å². The number of thioether (sulfide) groups is 1. The normalized spacial score (nSPS) is 18.9. The molecule has 2 unspecified atom stereocenters. The highest BCUT2D eigenvalue weighted by atomic mass is 32.2. The van der Waals surface area contributed by atoms with Gasteiger partial charge in [0.1, 0.15) is 5.75 Å². The number of methoxy groups -OCH3 is 1. The number of fused-ring (bicyclic) bond motifs is 1. The van der Waals surface area contributed by atoms with Crippen molar-refractivity contribution in [1.29, 1.82) is 0 Å². The zero-order valence-electron chi connectivity index (χ0n) is 15.3. The number of rotatable bonds is 5. The fraction of sp³-hybridized carbons (Fsp3) is 0.182. The highest BCUT2D eigenvalue weighted by molar-refractivity contribution is 8.04. The second kappa shape index (κ2) is 7.94. The molecule has 5 heteroatoms. The van der Waals surface area contributed by atoms with E-state index < -0.39 is 0 Å². The minimum Gasteiger partial charge on any atom is -0.497 e. The molecule has 27 heavy (non-hydrogen) atoms. The minimum atomic E-state index is 0.0236. The van der Waals surface area contributed by atoms with Gasteiger partial charge in [0.2, 0.25) is 0 Å². The lowest BCUT2D eigenvalue weighted by Gasteiger charge is -2.17. The molecule has 1 aliphatic heterocycles. The van der Waals surface area contributed by atoms with Crippen molar-refractivity contribution in [2.75, 3.05) is 7.11 Å². The summed E-state index contributed by atoms with van der Waals surface area (Å²) in [5, 5.41) is 4.70. The van der Waals surface area contributed by atoms with Crippen molar-refractivity contribution >= 4 is 35.0 Å². The average molecular weight is 375 g/mol. The lowest BCUT2D eigenvalue weighted by Crippen LogP contribution is -2.25. The summed E-state index contributed by atoms with van der Waals surface area (Å²) in [6.45, 7) is 2.15. The van der Waals surface area contributed by atoms with Gasteiger partial charge in [-0.25, -0.2) is 0 Å². The Morgan fingerprint density at radius 1 is 1.15 bits per heavy atom. The van der Waals surface area contributed by atoms with Crippen molar-refractivity contribution < 1.29 is 4.74 Å². The number of allylic oxidation sites excluding steroid dienone is 1. The van der Waals surface area contributed by atoms with Gasteiger partial charge >= 0.3 is 0 Å². The summed E-state index contributed by atoms with van der Waals surface area (Å²) in [5.41, 5.74) is 3.41. The van der Waals surface area contributed by atoms with E-state index in [2.05, 4.69) is 64.7 Å². The van der Waals surface area contributed by atoms with Gasteiger partial charge in [-0.1, -0.05) is 36.0 Å². The Balaban J connectivity index is 1.41. The Hall–Kier alpha value is -2.63. The average Bonchev–Trinajstić information content (AvgIpc) is 3.14. The molecule has 1 N–H and O–H groups in total. The SMILES string of the molecule is COc1ccc(C(C)NC2N=C/C(=C/c3ccc4ncccc4c3)S2)cc1. The van der Waals surface area contributed by atoms with Crippen molar-refractivity contribution in [3.8, 4) is 5.75 Å². The van der Waals surface area contributed by atoms with E-state index in [-0.39, 0.29) is 11.5 Å². The van der Waals surface area contributed by atoms with Gasteiger partial charge in [-0.05, 0) is 54.5 Å². The van der Waals surface area contributed by atoms with Crippen LogP contribution >= 0.6 is 11.8 Å². The predicted molar refractivity (Wildman–Crippen MR) is 114 cm³/mol. The Morgan fingerprint density at radius 2 is 2.00 bits per heavy atom. The number of nitrogens with one attached hydrogen (secondary N) is 1. The largest absolute Gasteiger partial charge is 0.497 e. The number of benzene rings is 2. The number of hydrogen-bond donors (Lipinski definition) is 1. The van der Waals surface area contributed by atoms with Gasteiger partial charge in [-0.3, -0.25) is 15.3 Å². The number of nitrogens with zero attached hydrogens (tertiary/aromatic N) is 2. The van der Waals surface area contributed by atoms with Crippen LogP contribution in [-0.4, -0.2) is 23.8 Å². The maximum atomic E-state index is 5.22. The molecule has 4 rings (SSSR count). The van der Waals surface area contributed by atoms with Gasteiger partial charge < -0.3 is 4.74 Å². The number of hydrogen-bond acceptors (Lipinski definition) is 5. The van der Waals surface area contributed by atoms with Crippen LogP contribution in [0.2, 0.25) is 0 Å². The summed E-state index contributed by atoms with van der Waals surface area (Å²) < 4.78 is 5.22. The van der Waals surface area contributed by atoms with Crippen LogP contribution < -0.4 is 10.1 Å². The van der Waals surface area contributed by atoms with Gasteiger partial charge in [0.15, 0.2) is 5.50 Å². The second-order valence-electron chi connectivity index (χ2n) is 6.41. The van der Waals surface area contributed by atoms with Crippen LogP contribution in [0.1, 0.15) is 24.1 Å². The van der Waals surface area contributed by atoms with E-state index in [4.69, 9.17) is 4.74 Å². The van der Waals surface area contributed by atoms with Crippen molar-refractivity contribution in [3.63, 3.8) is 0 Å². The van der Waals surface area contributed by atoms with Gasteiger partial charge in [0.25, 0.3) is 0 Å². The highest BCUT2D eigenvalue weighted by Crippen LogP contribution is 2.30. The summed E-state index contributed by atoms with van der Waals surface area (Å²) in [7, 11) is 1.68. The first-order chi connectivity index (χ1) is 13.2. The third-order valence-electron chi connectivity index (χ3n) is 4.53. The van der Waals surface area contributed by atoms with E-state index in [1.807, 2.05) is 30.6 Å². The van der Waals surface area contributed by atoms with Crippen LogP contribution in [0.3, 0.4) is 0 Å². The molecule has 1 aliphatic rings. The van der Waals surface area contributed by atoms with Crippen LogP contribution in [0.4, 0.5) is 0 Å². The minimum absolute atomic E-state index is 0.0236. The smallest absolute Gasteiger partial charge is 0.151 e. The summed E-state index contributed by atoms with van der Waals surface area (Å²) >= 11 is 1.73. The molecule has 136 valence electrons. The van der Waals surface area contributed by atoms with Crippen LogP contribution in [0.5, 0.6) is 5.75 Å². The molecule has 2 heterocycles. The summed E-state index contributed by atoms with van der Waals surface area (Å²) in [4.78, 5) is 10.1. The molecule has 3 aromatic rings. The second-order valence-corrected chi connectivity index (χ2v) is 7.57. The van der Waals surface area contributed by atoms with E-state index >= 15 is 0 Å². The zero-order chi connectivity index (χ0) is 18.6. The highest BCUT2D eigenvalue weighted by Gasteiger charge is 2.18. The topological polar surface area (TPSA) is 46.5 Å². The Morgan fingerprint density at radius 3 is 2.81 bits per heavy atom. The predicted octanol–water partition coefficient (Wildman–Crippen LogP) is 5.04. The van der Waals surface area contributed by atoms with Gasteiger partial charge in [0.05, 0.1) is 12.6 Å². The Kier molecular flexibility index (Phi) is 5.23. The van der Waals surface area contributed by atoms with E-state index in [9.17, 15) is 0 Å². The molecular weight excluding hydrogens is 354 g/mol. The van der Waals surface area contributed by atoms with E-state index in [1.54, 1.807) is 18.9 Å². The van der Waals surface area contributed by atoms with Crippen LogP contribution in [-0.2, 0) is 0 Å². The van der Waals surface area contributed by atoms with Crippen molar-refractivity contribution in [2.45, 2.75) is 18.5 Å².